The molecule has 0 radical (unpaired) electrons. The Kier molecular flexibility index (Phi) is 5.77. The second kappa shape index (κ2) is 6.02. The molecule has 0 aliphatic heterocycles. The SMILES string of the molecule is CCCC(OC(C)(C)C)C(=O)OCC. The summed E-state index contributed by atoms with van der Waals surface area (Å²) >= 11 is 0. The third kappa shape index (κ3) is 5.97. The average molecular weight is 202 g/mol. The van der Waals surface area contributed by atoms with E-state index in [0.29, 0.717) is 6.61 Å². The first-order valence-corrected chi connectivity index (χ1v) is 5.25. The fourth-order valence-electron chi connectivity index (χ4n) is 1.15. The number of hydrogen-bond acceptors (Lipinski definition) is 3. The van der Waals surface area contributed by atoms with Crippen LogP contribution in [0.5, 0.6) is 0 Å². The minimum Gasteiger partial charge on any atom is -0.464 e. The van der Waals surface area contributed by atoms with E-state index in [1.54, 1.807) is 6.92 Å². The summed E-state index contributed by atoms with van der Waals surface area (Å²) in [6.07, 6.45) is 1.22. The molecule has 1 unspecified atom stereocenters. The van der Waals surface area contributed by atoms with Crippen LogP contribution in [-0.4, -0.2) is 24.3 Å². The van der Waals surface area contributed by atoms with Crippen molar-refractivity contribution in [2.24, 2.45) is 0 Å². The van der Waals surface area contributed by atoms with E-state index in [2.05, 4.69) is 0 Å². The molecule has 0 spiro atoms. The van der Waals surface area contributed by atoms with Crippen molar-refractivity contribution in [1.82, 2.24) is 0 Å². The molecule has 0 saturated carbocycles. The van der Waals surface area contributed by atoms with E-state index in [4.69, 9.17) is 9.47 Å². The Morgan fingerprint density at radius 3 is 2.21 bits per heavy atom. The van der Waals surface area contributed by atoms with Crippen LogP contribution in [-0.2, 0) is 14.3 Å². The molecule has 3 heteroatoms. The molecule has 0 N–H and O–H groups in total. The molecule has 0 aliphatic carbocycles. The first kappa shape index (κ1) is 13.4. The normalized spacial score (nSPS) is 13.8. The lowest BCUT2D eigenvalue weighted by Gasteiger charge is -2.25. The van der Waals surface area contributed by atoms with E-state index in [-0.39, 0.29) is 11.6 Å². The van der Waals surface area contributed by atoms with E-state index in [1.807, 2.05) is 27.7 Å². The van der Waals surface area contributed by atoms with E-state index in [9.17, 15) is 4.79 Å². The van der Waals surface area contributed by atoms with E-state index >= 15 is 0 Å². The molecule has 0 aromatic carbocycles. The Labute approximate surface area is 86.8 Å². The zero-order chi connectivity index (χ0) is 11.2. The highest BCUT2D eigenvalue weighted by Crippen LogP contribution is 2.15. The highest BCUT2D eigenvalue weighted by Gasteiger charge is 2.25. The summed E-state index contributed by atoms with van der Waals surface area (Å²) in [5.41, 5.74) is -0.299. The first-order chi connectivity index (χ1) is 6.40. The fourth-order valence-corrected chi connectivity index (χ4v) is 1.15. The Morgan fingerprint density at radius 2 is 1.86 bits per heavy atom. The highest BCUT2D eigenvalue weighted by atomic mass is 16.6. The van der Waals surface area contributed by atoms with Gasteiger partial charge in [-0.15, -0.1) is 0 Å². The minimum atomic E-state index is -0.417. The van der Waals surface area contributed by atoms with Gasteiger partial charge in [-0.2, -0.15) is 0 Å². The van der Waals surface area contributed by atoms with Gasteiger partial charge in [-0.05, 0) is 34.1 Å². The lowest BCUT2D eigenvalue weighted by molar-refractivity contribution is -0.166. The molecule has 0 amide bonds. The maximum Gasteiger partial charge on any atom is 0.335 e. The number of carbonyl (C=O) groups is 1. The maximum atomic E-state index is 11.5. The van der Waals surface area contributed by atoms with Gasteiger partial charge in [0.05, 0.1) is 12.2 Å². The standard InChI is InChI=1S/C11H22O3/c1-6-8-9(10(12)13-7-2)14-11(3,4)5/h9H,6-8H2,1-5H3. The van der Waals surface area contributed by atoms with Crippen molar-refractivity contribution in [2.45, 2.75) is 59.2 Å². The van der Waals surface area contributed by atoms with E-state index < -0.39 is 6.10 Å². The number of ether oxygens (including phenoxy) is 2. The maximum absolute atomic E-state index is 11.5. The molecule has 0 bridgehead atoms. The summed E-state index contributed by atoms with van der Waals surface area (Å²) in [4.78, 5) is 11.5. The van der Waals surface area contributed by atoms with Crippen molar-refractivity contribution in [2.75, 3.05) is 6.61 Å². The van der Waals surface area contributed by atoms with Gasteiger partial charge < -0.3 is 9.47 Å². The van der Waals surface area contributed by atoms with E-state index in [0.717, 1.165) is 12.8 Å². The van der Waals surface area contributed by atoms with Gasteiger partial charge in [0.2, 0.25) is 0 Å². The van der Waals surface area contributed by atoms with E-state index in [1.165, 1.54) is 0 Å². The monoisotopic (exact) mass is 202 g/mol. The molecule has 84 valence electrons. The van der Waals surface area contributed by atoms with Crippen LogP contribution in [0.15, 0.2) is 0 Å². The van der Waals surface area contributed by atoms with Crippen LogP contribution in [0.1, 0.15) is 47.5 Å². The summed E-state index contributed by atoms with van der Waals surface area (Å²) in [5, 5.41) is 0. The molecule has 0 saturated heterocycles. The zero-order valence-corrected chi connectivity index (χ0v) is 9.92. The molecular weight excluding hydrogens is 180 g/mol. The minimum absolute atomic E-state index is 0.246. The highest BCUT2D eigenvalue weighted by molar-refractivity contribution is 5.74. The van der Waals surface area contributed by atoms with Gasteiger partial charge in [-0.25, -0.2) is 4.79 Å². The van der Waals surface area contributed by atoms with Gasteiger partial charge in [0, 0.05) is 0 Å². The summed E-state index contributed by atoms with van der Waals surface area (Å²) in [5.74, 6) is -0.246. The molecule has 14 heavy (non-hydrogen) atoms. The molecule has 0 aromatic heterocycles. The van der Waals surface area contributed by atoms with Gasteiger partial charge in [0.25, 0.3) is 0 Å². The van der Waals surface area contributed by atoms with Crippen LogP contribution < -0.4 is 0 Å². The molecule has 3 nitrogen and oxygen atoms in total. The molecule has 0 heterocycles. The number of rotatable bonds is 5. The Bertz CT molecular complexity index is 170. The molecule has 1 atom stereocenters. The third-order valence-electron chi connectivity index (χ3n) is 1.60. The topological polar surface area (TPSA) is 35.5 Å². The van der Waals surface area contributed by atoms with Gasteiger partial charge in [-0.1, -0.05) is 13.3 Å². The van der Waals surface area contributed by atoms with Gasteiger partial charge >= 0.3 is 5.97 Å². The summed E-state index contributed by atoms with van der Waals surface area (Å²) in [6, 6.07) is 0. The summed E-state index contributed by atoms with van der Waals surface area (Å²) in [7, 11) is 0. The van der Waals surface area contributed by atoms with Crippen molar-refractivity contribution in [3.05, 3.63) is 0 Å². The second-order valence-corrected chi connectivity index (χ2v) is 4.26. The van der Waals surface area contributed by atoms with Crippen molar-refractivity contribution in [3.8, 4) is 0 Å². The van der Waals surface area contributed by atoms with Crippen LogP contribution in [0.25, 0.3) is 0 Å². The van der Waals surface area contributed by atoms with Crippen LogP contribution in [0.2, 0.25) is 0 Å². The Balaban J connectivity index is 4.21. The zero-order valence-electron chi connectivity index (χ0n) is 9.92. The number of carbonyl (C=O) groups excluding carboxylic acids is 1. The number of hydrogen-bond donors (Lipinski definition) is 0. The predicted molar refractivity (Wildman–Crippen MR) is 56.2 cm³/mol. The average Bonchev–Trinajstić information content (AvgIpc) is 2.01. The van der Waals surface area contributed by atoms with Crippen molar-refractivity contribution in [1.29, 1.82) is 0 Å². The molecule has 0 aromatic rings. The summed E-state index contributed by atoms with van der Waals surface area (Å²) < 4.78 is 10.6. The van der Waals surface area contributed by atoms with Gasteiger partial charge in [0.1, 0.15) is 0 Å². The van der Waals surface area contributed by atoms with Crippen LogP contribution >= 0.6 is 0 Å². The second-order valence-electron chi connectivity index (χ2n) is 4.26. The lowest BCUT2D eigenvalue weighted by atomic mass is 10.1. The lowest BCUT2D eigenvalue weighted by Crippen LogP contribution is -2.34. The molecule has 0 aliphatic rings. The largest absolute Gasteiger partial charge is 0.464 e. The van der Waals surface area contributed by atoms with Gasteiger partial charge in [-0.3, -0.25) is 0 Å². The van der Waals surface area contributed by atoms with Crippen molar-refractivity contribution in [3.63, 3.8) is 0 Å². The fraction of sp³-hybridized carbons (Fsp3) is 0.909. The van der Waals surface area contributed by atoms with Crippen LogP contribution in [0.4, 0.5) is 0 Å². The van der Waals surface area contributed by atoms with Crippen LogP contribution in [0.3, 0.4) is 0 Å². The molecule has 0 fully saturated rings. The molecule has 0 rings (SSSR count). The quantitative estimate of drug-likeness (QED) is 0.643. The number of esters is 1. The van der Waals surface area contributed by atoms with Crippen LogP contribution in [0, 0.1) is 0 Å². The predicted octanol–water partition coefficient (Wildman–Crippen LogP) is 2.53. The molecular formula is C11H22O3. The Morgan fingerprint density at radius 1 is 1.29 bits per heavy atom. The smallest absolute Gasteiger partial charge is 0.335 e. The Hall–Kier alpha value is -0.570. The van der Waals surface area contributed by atoms with Crippen molar-refractivity contribution >= 4 is 5.97 Å². The third-order valence-corrected chi connectivity index (χ3v) is 1.60. The van der Waals surface area contributed by atoms with Gasteiger partial charge in [0.15, 0.2) is 6.10 Å². The summed E-state index contributed by atoms with van der Waals surface area (Å²) in [6.45, 7) is 10.1. The first-order valence-electron chi connectivity index (χ1n) is 5.25. The van der Waals surface area contributed by atoms with Crippen molar-refractivity contribution < 1.29 is 14.3 Å².